The first kappa shape index (κ1) is 14.6. The molecule has 0 saturated carbocycles. The average molecular weight is 295 g/mol. The van der Waals surface area contributed by atoms with Crippen LogP contribution in [0.3, 0.4) is 0 Å². The monoisotopic (exact) mass is 295 g/mol. The van der Waals surface area contributed by atoms with Gasteiger partial charge < -0.3 is 15.0 Å². The van der Waals surface area contributed by atoms with E-state index in [1.165, 1.54) is 13.3 Å². The third-order valence-corrected chi connectivity index (χ3v) is 3.80. The lowest BCUT2D eigenvalue weighted by atomic mass is 10.1. The van der Waals surface area contributed by atoms with Gasteiger partial charge in [-0.2, -0.15) is 12.6 Å². The third-order valence-electron chi connectivity index (χ3n) is 3.28. The summed E-state index contributed by atoms with van der Waals surface area (Å²) in [5, 5.41) is 2.93. The quantitative estimate of drug-likeness (QED) is 0.645. The molecule has 1 aliphatic heterocycles. The van der Waals surface area contributed by atoms with Crippen LogP contribution in [0.25, 0.3) is 0 Å². The van der Waals surface area contributed by atoms with Crippen LogP contribution in [0.15, 0.2) is 12.3 Å². The van der Waals surface area contributed by atoms with E-state index in [9.17, 15) is 9.59 Å². The molecule has 6 nitrogen and oxygen atoms in total. The third kappa shape index (κ3) is 2.72. The molecule has 108 valence electrons. The van der Waals surface area contributed by atoms with Crippen LogP contribution < -0.4 is 10.2 Å². The number of pyridine rings is 1. The number of carbonyl (C=O) groups is 2. The van der Waals surface area contributed by atoms with Crippen LogP contribution in [0.4, 0.5) is 11.5 Å². The van der Waals surface area contributed by atoms with Gasteiger partial charge in [-0.05, 0) is 17.7 Å². The standard InChI is InChI=1S/C13H17N3O3S/c1-14-12-10(4-9(5-15-12)13(18)19-2)16-6-8(7-20)3-11(16)17/h4-5,8,20H,3,6-7H2,1-2H3,(H,14,15). The highest BCUT2D eigenvalue weighted by Crippen LogP contribution is 2.31. The zero-order valence-electron chi connectivity index (χ0n) is 11.4. The molecule has 0 aliphatic carbocycles. The number of thiol groups is 1. The summed E-state index contributed by atoms with van der Waals surface area (Å²) in [6, 6.07) is 1.63. The number of ether oxygens (including phenoxy) is 1. The van der Waals surface area contributed by atoms with Gasteiger partial charge in [0.05, 0.1) is 18.4 Å². The Balaban J connectivity index is 2.38. The molecule has 1 fully saturated rings. The fraction of sp³-hybridized carbons (Fsp3) is 0.462. The van der Waals surface area contributed by atoms with Crippen molar-refractivity contribution in [2.45, 2.75) is 6.42 Å². The van der Waals surface area contributed by atoms with E-state index in [4.69, 9.17) is 0 Å². The maximum absolute atomic E-state index is 12.1. The van der Waals surface area contributed by atoms with Gasteiger partial charge in [0, 0.05) is 26.2 Å². The number of amides is 1. The highest BCUT2D eigenvalue weighted by molar-refractivity contribution is 7.80. The summed E-state index contributed by atoms with van der Waals surface area (Å²) < 4.78 is 4.68. The van der Waals surface area contributed by atoms with Gasteiger partial charge in [-0.1, -0.05) is 0 Å². The number of esters is 1. The second-order valence-electron chi connectivity index (χ2n) is 4.59. The molecule has 1 aliphatic rings. The number of hydrogen-bond donors (Lipinski definition) is 2. The molecule has 0 radical (unpaired) electrons. The van der Waals surface area contributed by atoms with E-state index in [0.29, 0.717) is 35.8 Å². The molecule has 0 bridgehead atoms. The Bertz CT molecular complexity index is 536. The molecule has 1 N–H and O–H groups in total. The zero-order valence-corrected chi connectivity index (χ0v) is 12.3. The molecule has 1 aromatic heterocycles. The van der Waals surface area contributed by atoms with E-state index in [0.717, 1.165) is 0 Å². The lowest BCUT2D eigenvalue weighted by Gasteiger charge is -2.20. The van der Waals surface area contributed by atoms with E-state index in [1.54, 1.807) is 18.0 Å². The fourth-order valence-corrected chi connectivity index (χ4v) is 2.46. The van der Waals surface area contributed by atoms with Crippen LogP contribution in [0.5, 0.6) is 0 Å². The van der Waals surface area contributed by atoms with Gasteiger partial charge in [-0.25, -0.2) is 9.78 Å². The number of carbonyl (C=O) groups excluding carboxylic acids is 2. The Hall–Kier alpha value is -1.76. The molecule has 1 amide bonds. The molecule has 2 heterocycles. The number of rotatable bonds is 4. The van der Waals surface area contributed by atoms with Crippen LogP contribution in [0, 0.1) is 5.92 Å². The van der Waals surface area contributed by atoms with Crippen molar-refractivity contribution in [2.24, 2.45) is 5.92 Å². The predicted molar refractivity (Wildman–Crippen MR) is 79.4 cm³/mol. The van der Waals surface area contributed by atoms with Crippen molar-refractivity contribution in [3.05, 3.63) is 17.8 Å². The summed E-state index contributed by atoms with van der Waals surface area (Å²) >= 11 is 4.24. The number of aromatic nitrogens is 1. The van der Waals surface area contributed by atoms with Crippen LogP contribution >= 0.6 is 12.6 Å². The van der Waals surface area contributed by atoms with Gasteiger partial charge in [0.1, 0.15) is 5.82 Å². The van der Waals surface area contributed by atoms with Crippen molar-refractivity contribution in [3.63, 3.8) is 0 Å². The van der Waals surface area contributed by atoms with Crippen molar-refractivity contribution in [1.29, 1.82) is 0 Å². The molecule has 1 unspecified atom stereocenters. The van der Waals surface area contributed by atoms with Crippen molar-refractivity contribution >= 4 is 36.0 Å². The first-order valence-corrected chi connectivity index (χ1v) is 6.91. The minimum absolute atomic E-state index is 0.0179. The first-order chi connectivity index (χ1) is 9.60. The molecule has 7 heteroatoms. The van der Waals surface area contributed by atoms with Gasteiger partial charge >= 0.3 is 5.97 Å². The number of methoxy groups -OCH3 is 1. The second kappa shape index (κ2) is 6.13. The van der Waals surface area contributed by atoms with Gasteiger partial charge in [-0.3, -0.25) is 4.79 Å². The van der Waals surface area contributed by atoms with Gasteiger partial charge in [-0.15, -0.1) is 0 Å². The minimum Gasteiger partial charge on any atom is -0.465 e. The van der Waals surface area contributed by atoms with E-state index >= 15 is 0 Å². The summed E-state index contributed by atoms with van der Waals surface area (Å²) in [6.45, 7) is 0.587. The van der Waals surface area contributed by atoms with Crippen LogP contribution in [-0.2, 0) is 9.53 Å². The fourth-order valence-electron chi connectivity index (χ4n) is 2.22. The molecular weight excluding hydrogens is 278 g/mol. The minimum atomic E-state index is -0.473. The average Bonchev–Trinajstić information content (AvgIpc) is 2.86. The predicted octanol–water partition coefficient (Wildman–Crippen LogP) is 1.19. The molecule has 1 atom stereocenters. The van der Waals surface area contributed by atoms with Crippen molar-refractivity contribution in [1.82, 2.24) is 4.98 Å². The molecule has 0 aromatic carbocycles. The summed E-state index contributed by atoms with van der Waals surface area (Å²) in [4.78, 5) is 29.5. The molecular formula is C13H17N3O3S. The number of anilines is 2. The van der Waals surface area contributed by atoms with Gasteiger partial charge in [0.2, 0.25) is 5.91 Å². The maximum Gasteiger partial charge on any atom is 0.339 e. The van der Waals surface area contributed by atoms with Gasteiger partial charge in [0.15, 0.2) is 0 Å². The van der Waals surface area contributed by atoms with Crippen LogP contribution in [0.1, 0.15) is 16.8 Å². The zero-order chi connectivity index (χ0) is 14.7. The lowest BCUT2D eigenvalue weighted by molar-refractivity contribution is -0.117. The molecule has 20 heavy (non-hydrogen) atoms. The number of hydrogen-bond acceptors (Lipinski definition) is 6. The molecule has 1 saturated heterocycles. The SMILES string of the molecule is CNc1ncc(C(=O)OC)cc1N1CC(CS)CC1=O. The molecule has 2 rings (SSSR count). The van der Waals surface area contributed by atoms with Crippen molar-refractivity contribution in [2.75, 3.05) is 36.7 Å². The van der Waals surface area contributed by atoms with Crippen molar-refractivity contribution < 1.29 is 14.3 Å². The lowest BCUT2D eigenvalue weighted by Crippen LogP contribution is -2.26. The van der Waals surface area contributed by atoms with E-state index in [2.05, 4.69) is 27.7 Å². The smallest absolute Gasteiger partial charge is 0.339 e. The van der Waals surface area contributed by atoms with E-state index in [-0.39, 0.29) is 11.8 Å². The highest BCUT2D eigenvalue weighted by Gasteiger charge is 2.31. The summed E-state index contributed by atoms with van der Waals surface area (Å²) in [5.74, 6) is 0.979. The Labute approximate surface area is 122 Å². The van der Waals surface area contributed by atoms with Gasteiger partial charge in [0.25, 0.3) is 0 Å². The largest absolute Gasteiger partial charge is 0.465 e. The summed E-state index contributed by atoms with van der Waals surface area (Å²) in [6.07, 6.45) is 1.90. The van der Waals surface area contributed by atoms with Crippen molar-refractivity contribution in [3.8, 4) is 0 Å². The maximum atomic E-state index is 12.1. The second-order valence-corrected chi connectivity index (χ2v) is 4.96. The first-order valence-electron chi connectivity index (χ1n) is 6.28. The van der Waals surface area contributed by atoms with E-state index in [1.807, 2.05) is 0 Å². The topological polar surface area (TPSA) is 71.5 Å². The Morgan fingerprint density at radius 1 is 1.65 bits per heavy atom. The van der Waals surface area contributed by atoms with E-state index < -0.39 is 5.97 Å². The number of nitrogens with zero attached hydrogens (tertiary/aromatic N) is 2. The highest BCUT2D eigenvalue weighted by atomic mass is 32.1. The summed E-state index contributed by atoms with van der Waals surface area (Å²) in [5.41, 5.74) is 0.924. The number of nitrogens with one attached hydrogen (secondary N) is 1. The van der Waals surface area contributed by atoms with Crippen LogP contribution in [0.2, 0.25) is 0 Å². The Morgan fingerprint density at radius 2 is 2.40 bits per heavy atom. The molecule has 1 aromatic rings. The Morgan fingerprint density at radius 3 is 2.95 bits per heavy atom. The normalized spacial score (nSPS) is 18.2. The van der Waals surface area contributed by atoms with Crippen LogP contribution in [-0.4, -0.2) is 43.3 Å². The Kier molecular flexibility index (Phi) is 4.49. The molecule has 0 spiro atoms. The summed E-state index contributed by atoms with van der Waals surface area (Å²) in [7, 11) is 3.03.